The van der Waals surface area contributed by atoms with Gasteiger partial charge in [-0.3, -0.25) is 4.79 Å². The van der Waals surface area contributed by atoms with Crippen molar-refractivity contribution >= 4 is 11.6 Å². The van der Waals surface area contributed by atoms with Crippen LogP contribution in [0.25, 0.3) is 0 Å². The van der Waals surface area contributed by atoms with Gasteiger partial charge < -0.3 is 5.32 Å². The van der Waals surface area contributed by atoms with Gasteiger partial charge in [-0.2, -0.15) is 13.2 Å². The molecule has 0 radical (unpaired) electrons. The standard InChI is InChI=1S/C17H12F3NO/c1-12-7-10-15(21-16(22)17(18,19)20)14(11-12)9-8-13-5-3-2-4-6-13/h2-7,10-11H,1H3,(H,21,22). The molecule has 0 spiro atoms. The lowest BCUT2D eigenvalue weighted by Gasteiger charge is -2.10. The summed E-state index contributed by atoms with van der Waals surface area (Å²) in [4.78, 5) is 11.1. The summed E-state index contributed by atoms with van der Waals surface area (Å²) in [6.45, 7) is 1.79. The molecule has 0 saturated heterocycles. The first kappa shape index (κ1) is 15.6. The molecule has 1 amide bonds. The lowest BCUT2D eigenvalue weighted by molar-refractivity contribution is -0.167. The summed E-state index contributed by atoms with van der Waals surface area (Å²) in [5, 5.41) is 1.85. The molecule has 0 aliphatic carbocycles. The van der Waals surface area contributed by atoms with Gasteiger partial charge in [-0.15, -0.1) is 0 Å². The van der Waals surface area contributed by atoms with Gasteiger partial charge in [-0.05, 0) is 36.8 Å². The van der Waals surface area contributed by atoms with E-state index in [1.807, 2.05) is 23.5 Å². The Morgan fingerprint density at radius 2 is 1.73 bits per heavy atom. The summed E-state index contributed by atoms with van der Waals surface area (Å²) >= 11 is 0. The summed E-state index contributed by atoms with van der Waals surface area (Å²) in [5.41, 5.74) is 1.94. The number of halogens is 3. The van der Waals surface area contributed by atoms with Crippen LogP contribution in [0.2, 0.25) is 0 Å². The maximum Gasteiger partial charge on any atom is 0.471 e. The van der Waals surface area contributed by atoms with E-state index in [1.165, 1.54) is 6.07 Å². The zero-order chi connectivity index (χ0) is 16.2. The van der Waals surface area contributed by atoms with Crippen molar-refractivity contribution in [3.63, 3.8) is 0 Å². The average Bonchev–Trinajstić information content (AvgIpc) is 2.47. The Morgan fingerprint density at radius 1 is 1.05 bits per heavy atom. The molecule has 2 rings (SSSR count). The number of nitrogens with one attached hydrogen (secondary N) is 1. The van der Waals surface area contributed by atoms with Gasteiger partial charge in [0.15, 0.2) is 0 Å². The van der Waals surface area contributed by atoms with Gasteiger partial charge in [0.05, 0.1) is 5.69 Å². The zero-order valence-corrected chi connectivity index (χ0v) is 11.7. The molecule has 0 bridgehead atoms. The first-order valence-corrected chi connectivity index (χ1v) is 6.42. The Morgan fingerprint density at radius 3 is 2.36 bits per heavy atom. The second-order valence-electron chi connectivity index (χ2n) is 4.62. The highest BCUT2D eigenvalue weighted by atomic mass is 19.4. The van der Waals surface area contributed by atoms with Crippen LogP contribution in [0.1, 0.15) is 16.7 Å². The van der Waals surface area contributed by atoms with Gasteiger partial charge >= 0.3 is 12.1 Å². The van der Waals surface area contributed by atoms with Crippen molar-refractivity contribution in [1.82, 2.24) is 0 Å². The van der Waals surface area contributed by atoms with Crippen LogP contribution in [-0.4, -0.2) is 12.1 Å². The van der Waals surface area contributed by atoms with E-state index in [0.29, 0.717) is 5.56 Å². The van der Waals surface area contributed by atoms with Crippen molar-refractivity contribution in [1.29, 1.82) is 0 Å². The summed E-state index contributed by atoms with van der Waals surface area (Å²) < 4.78 is 37.0. The highest BCUT2D eigenvalue weighted by Gasteiger charge is 2.38. The highest BCUT2D eigenvalue weighted by Crippen LogP contribution is 2.21. The molecule has 2 aromatic carbocycles. The number of hydrogen-bond donors (Lipinski definition) is 1. The fourth-order valence-corrected chi connectivity index (χ4v) is 1.72. The van der Waals surface area contributed by atoms with Crippen molar-refractivity contribution in [3.05, 3.63) is 65.2 Å². The van der Waals surface area contributed by atoms with Crippen molar-refractivity contribution < 1.29 is 18.0 Å². The van der Waals surface area contributed by atoms with E-state index in [4.69, 9.17) is 0 Å². The second-order valence-corrected chi connectivity index (χ2v) is 4.62. The lowest BCUT2D eigenvalue weighted by atomic mass is 10.1. The third kappa shape index (κ3) is 4.13. The smallest absolute Gasteiger partial charge is 0.317 e. The number of carbonyl (C=O) groups excluding carboxylic acids is 1. The second kappa shape index (κ2) is 6.35. The maximum absolute atomic E-state index is 12.3. The molecular formula is C17H12F3NO. The normalized spacial score (nSPS) is 10.5. The molecule has 112 valence electrons. The zero-order valence-electron chi connectivity index (χ0n) is 11.7. The molecule has 0 saturated carbocycles. The number of hydrogen-bond acceptors (Lipinski definition) is 1. The topological polar surface area (TPSA) is 29.1 Å². The first-order valence-electron chi connectivity index (χ1n) is 6.42. The Balaban J connectivity index is 2.33. The lowest BCUT2D eigenvalue weighted by Crippen LogP contribution is -2.30. The van der Waals surface area contributed by atoms with Crippen molar-refractivity contribution in [3.8, 4) is 11.8 Å². The van der Waals surface area contributed by atoms with Crippen LogP contribution in [0.5, 0.6) is 0 Å². The summed E-state index contributed by atoms with van der Waals surface area (Å²) in [5.74, 6) is 3.64. The van der Waals surface area contributed by atoms with E-state index >= 15 is 0 Å². The third-order valence-corrected chi connectivity index (χ3v) is 2.80. The maximum atomic E-state index is 12.3. The number of anilines is 1. The van der Waals surface area contributed by atoms with Crippen LogP contribution >= 0.6 is 0 Å². The van der Waals surface area contributed by atoms with E-state index < -0.39 is 12.1 Å². The van der Waals surface area contributed by atoms with E-state index in [0.717, 1.165) is 11.1 Å². The summed E-state index contributed by atoms with van der Waals surface area (Å²) in [6, 6.07) is 13.7. The molecule has 5 heteroatoms. The molecule has 22 heavy (non-hydrogen) atoms. The molecule has 0 aliphatic rings. The molecule has 2 aromatic rings. The fourth-order valence-electron chi connectivity index (χ4n) is 1.72. The largest absolute Gasteiger partial charge is 0.471 e. The molecule has 1 N–H and O–H groups in total. The van der Waals surface area contributed by atoms with Crippen LogP contribution in [0.15, 0.2) is 48.5 Å². The average molecular weight is 303 g/mol. The Hall–Kier alpha value is -2.74. The van der Waals surface area contributed by atoms with Gasteiger partial charge in [0.1, 0.15) is 0 Å². The highest BCUT2D eigenvalue weighted by molar-refractivity contribution is 5.96. The van der Waals surface area contributed by atoms with Crippen LogP contribution in [0.4, 0.5) is 18.9 Å². The van der Waals surface area contributed by atoms with E-state index in [-0.39, 0.29) is 5.69 Å². The minimum atomic E-state index is -4.94. The SMILES string of the molecule is Cc1ccc(NC(=O)C(F)(F)F)c(C#Cc2ccccc2)c1. The third-order valence-electron chi connectivity index (χ3n) is 2.80. The van der Waals surface area contributed by atoms with Crippen LogP contribution in [-0.2, 0) is 4.79 Å². The van der Waals surface area contributed by atoms with Gasteiger partial charge in [0.25, 0.3) is 0 Å². The Bertz CT molecular complexity index is 740. The van der Waals surface area contributed by atoms with Gasteiger partial charge in [0, 0.05) is 11.1 Å². The van der Waals surface area contributed by atoms with E-state index in [1.54, 1.807) is 31.2 Å². The quantitative estimate of drug-likeness (QED) is 0.796. The molecule has 0 fully saturated rings. The molecule has 0 atom stereocenters. The molecular weight excluding hydrogens is 291 g/mol. The fraction of sp³-hybridized carbons (Fsp3) is 0.118. The summed E-state index contributed by atoms with van der Waals surface area (Å²) in [7, 11) is 0. The van der Waals surface area contributed by atoms with Crippen molar-refractivity contribution in [2.45, 2.75) is 13.1 Å². The molecule has 0 heterocycles. The minimum Gasteiger partial charge on any atom is -0.317 e. The number of aryl methyl sites for hydroxylation is 1. The summed E-state index contributed by atoms with van der Waals surface area (Å²) in [6.07, 6.45) is -4.94. The van der Waals surface area contributed by atoms with E-state index in [2.05, 4.69) is 11.8 Å². The predicted octanol–water partition coefficient (Wildman–Crippen LogP) is 3.90. The van der Waals surface area contributed by atoms with Crippen LogP contribution in [0, 0.1) is 18.8 Å². The van der Waals surface area contributed by atoms with Crippen molar-refractivity contribution in [2.24, 2.45) is 0 Å². The minimum absolute atomic E-state index is 0.0383. The van der Waals surface area contributed by atoms with Crippen molar-refractivity contribution in [2.75, 3.05) is 5.32 Å². The molecule has 0 unspecified atom stereocenters. The Kier molecular flexibility index (Phi) is 4.52. The van der Waals surface area contributed by atoms with E-state index in [9.17, 15) is 18.0 Å². The number of amides is 1. The first-order chi connectivity index (χ1) is 10.4. The molecule has 0 aliphatic heterocycles. The predicted molar refractivity (Wildman–Crippen MR) is 78.3 cm³/mol. The van der Waals surface area contributed by atoms with Gasteiger partial charge in [0.2, 0.25) is 0 Å². The number of alkyl halides is 3. The Labute approximate surface area is 126 Å². The monoisotopic (exact) mass is 303 g/mol. The van der Waals surface area contributed by atoms with Gasteiger partial charge in [-0.25, -0.2) is 0 Å². The number of carbonyl (C=O) groups is 1. The molecule has 2 nitrogen and oxygen atoms in total. The number of rotatable bonds is 1. The van der Waals surface area contributed by atoms with Gasteiger partial charge in [-0.1, -0.05) is 36.1 Å². The molecule has 0 aromatic heterocycles. The number of benzene rings is 2. The van der Waals surface area contributed by atoms with Crippen LogP contribution < -0.4 is 5.32 Å². The van der Waals surface area contributed by atoms with Crippen LogP contribution in [0.3, 0.4) is 0 Å².